The summed E-state index contributed by atoms with van der Waals surface area (Å²) in [6, 6.07) is 11.4. The molecule has 2 aromatic rings. The third-order valence-electron chi connectivity index (χ3n) is 3.90. The molecule has 9 heteroatoms. The molecule has 0 heterocycles. The van der Waals surface area contributed by atoms with Gasteiger partial charge >= 0.3 is 0 Å². The molecule has 2 N–H and O–H groups in total. The molecule has 0 atom stereocenters. The predicted octanol–water partition coefficient (Wildman–Crippen LogP) is 2.98. The number of hydrogen-bond donors (Lipinski definition) is 2. The molecule has 2 aromatic carbocycles. The number of nitrogens with one attached hydrogen (secondary N) is 2. The molecule has 0 aliphatic carbocycles. The Morgan fingerprint density at radius 2 is 1.83 bits per heavy atom. The van der Waals surface area contributed by atoms with Crippen molar-refractivity contribution in [2.45, 2.75) is 25.3 Å². The first-order valence-corrected chi connectivity index (χ1v) is 10.9. The van der Waals surface area contributed by atoms with E-state index in [0.29, 0.717) is 13.1 Å². The van der Waals surface area contributed by atoms with Gasteiger partial charge in [0.2, 0.25) is 10.0 Å². The lowest BCUT2D eigenvalue weighted by Gasteiger charge is -2.12. The summed E-state index contributed by atoms with van der Waals surface area (Å²) in [4.78, 5) is 12.0. The minimum Gasteiger partial charge on any atom is -0.497 e. The highest BCUT2D eigenvalue weighted by Gasteiger charge is 2.16. The van der Waals surface area contributed by atoms with Gasteiger partial charge in [0.15, 0.2) is 6.61 Å². The van der Waals surface area contributed by atoms with E-state index in [-0.39, 0.29) is 34.1 Å². The SMILES string of the molecule is COc1ccc(CNC(=O)COc2ccc(S(=O)(=O)NCC(C)C)cc2Cl)cc1. The van der Waals surface area contributed by atoms with E-state index in [0.717, 1.165) is 11.3 Å². The normalized spacial score (nSPS) is 11.3. The van der Waals surface area contributed by atoms with Crippen molar-refractivity contribution in [1.82, 2.24) is 10.0 Å². The third kappa shape index (κ3) is 7.23. The maximum absolute atomic E-state index is 12.2. The van der Waals surface area contributed by atoms with Crippen LogP contribution in [0.15, 0.2) is 47.4 Å². The molecule has 0 aromatic heterocycles. The first-order chi connectivity index (χ1) is 13.7. The highest BCUT2D eigenvalue weighted by molar-refractivity contribution is 7.89. The van der Waals surface area contributed by atoms with Crippen LogP contribution in [0.2, 0.25) is 5.02 Å². The van der Waals surface area contributed by atoms with Gasteiger partial charge in [0.05, 0.1) is 17.0 Å². The number of halogens is 1. The molecule has 0 saturated carbocycles. The zero-order chi connectivity index (χ0) is 21.4. The van der Waals surface area contributed by atoms with Gasteiger partial charge in [-0.05, 0) is 41.8 Å². The second-order valence-electron chi connectivity index (χ2n) is 6.75. The van der Waals surface area contributed by atoms with E-state index in [1.54, 1.807) is 7.11 Å². The summed E-state index contributed by atoms with van der Waals surface area (Å²) < 4.78 is 37.5. The fourth-order valence-electron chi connectivity index (χ4n) is 2.26. The van der Waals surface area contributed by atoms with Gasteiger partial charge in [0.25, 0.3) is 5.91 Å². The van der Waals surface area contributed by atoms with E-state index in [4.69, 9.17) is 21.1 Å². The molecule has 0 bridgehead atoms. The molecule has 29 heavy (non-hydrogen) atoms. The largest absolute Gasteiger partial charge is 0.497 e. The number of methoxy groups -OCH3 is 1. The summed E-state index contributed by atoms with van der Waals surface area (Å²) in [7, 11) is -2.06. The van der Waals surface area contributed by atoms with E-state index in [1.165, 1.54) is 18.2 Å². The van der Waals surface area contributed by atoms with Crippen molar-refractivity contribution in [3.63, 3.8) is 0 Å². The van der Waals surface area contributed by atoms with Crippen molar-refractivity contribution >= 4 is 27.5 Å². The van der Waals surface area contributed by atoms with E-state index < -0.39 is 10.0 Å². The lowest BCUT2D eigenvalue weighted by atomic mass is 10.2. The van der Waals surface area contributed by atoms with Gasteiger partial charge in [-0.25, -0.2) is 13.1 Å². The van der Waals surface area contributed by atoms with Crippen LogP contribution in [0.1, 0.15) is 19.4 Å². The smallest absolute Gasteiger partial charge is 0.258 e. The monoisotopic (exact) mass is 440 g/mol. The van der Waals surface area contributed by atoms with Crippen molar-refractivity contribution in [2.75, 3.05) is 20.3 Å². The second kappa shape index (κ2) is 10.5. The molecule has 7 nitrogen and oxygen atoms in total. The van der Waals surface area contributed by atoms with Gasteiger partial charge in [0, 0.05) is 13.1 Å². The Hall–Kier alpha value is -2.29. The standard InChI is InChI=1S/C20H25ClN2O5S/c1-14(2)11-23-29(25,26)17-8-9-19(18(21)10-17)28-13-20(24)22-12-15-4-6-16(27-3)7-5-15/h4-10,14,23H,11-13H2,1-3H3,(H,22,24). The van der Waals surface area contributed by atoms with Crippen molar-refractivity contribution in [1.29, 1.82) is 0 Å². The van der Waals surface area contributed by atoms with Crippen molar-refractivity contribution in [2.24, 2.45) is 5.92 Å². The Morgan fingerprint density at radius 3 is 2.41 bits per heavy atom. The number of amides is 1. The van der Waals surface area contributed by atoms with Crippen molar-refractivity contribution in [3.8, 4) is 11.5 Å². The molecule has 158 valence electrons. The molecular weight excluding hydrogens is 416 g/mol. The van der Waals surface area contributed by atoms with Gasteiger partial charge < -0.3 is 14.8 Å². The van der Waals surface area contributed by atoms with Crippen LogP contribution in [0.5, 0.6) is 11.5 Å². The first-order valence-electron chi connectivity index (χ1n) is 9.03. The molecule has 0 spiro atoms. The topological polar surface area (TPSA) is 93.7 Å². The Morgan fingerprint density at radius 1 is 1.14 bits per heavy atom. The van der Waals surface area contributed by atoms with Crippen molar-refractivity contribution < 1.29 is 22.7 Å². The second-order valence-corrected chi connectivity index (χ2v) is 8.93. The fraction of sp³-hybridized carbons (Fsp3) is 0.350. The summed E-state index contributed by atoms with van der Waals surface area (Å²) in [5.74, 6) is 0.823. The third-order valence-corrected chi connectivity index (χ3v) is 5.62. The molecule has 0 aliphatic rings. The predicted molar refractivity (Wildman–Crippen MR) is 112 cm³/mol. The van der Waals surface area contributed by atoms with Crippen LogP contribution in [0, 0.1) is 5.92 Å². The Bertz CT molecular complexity index is 930. The van der Waals surface area contributed by atoms with Gasteiger partial charge in [-0.3, -0.25) is 4.79 Å². The maximum atomic E-state index is 12.2. The summed E-state index contributed by atoms with van der Waals surface area (Å²) >= 11 is 6.12. The Labute approximate surface area is 176 Å². The number of rotatable bonds is 10. The number of carbonyl (C=O) groups is 1. The van der Waals surface area contributed by atoms with Crippen LogP contribution in [-0.4, -0.2) is 34.6 Å². The molecule has 0 fully saturated rings. The number of carbonyl (C=O) groups excluding carboxylic acids is 1. The van der Waals surface area contributed by atoms with Crippen LogP contribution in [0.25, 0.3) is 0 Å². The summed E-state index contributed by atoms with van der Waals surface area (Å²) in [6.07, 6.45) is 0. The minimum absolute atomic E-state index is 0.0412. The number of benzene rings is 2. The van der Waals surface area contributed by atoms with Gasteiger partial charge in [-0.1, -0.05) is 37.6 Å². The Balaban J connectivity index is 1.88. The number of sulfonamides is 1. The molecule has 0 unspecified atom stereocenters. The summed E-state index contributed by atoms with van der Waals surface area (Å²) in [6.45, 7) is 4.25. The van der Waals surface area contributed by atoms with E-state index >= 15 is 0 Å². The van der Waals surface area contributed by atoms with Crippen LogP contribution < -0.4 is 19.5 Å². The average molecular weight is 441 g/mol. The van der Waals surface area contributed by atoms with Crippen LogP contribution in [-0.2, 0) is 21.4 Å². The van der Waals surface area contributed by atoms with Crippen molar-refractivity contribution in [3.05, 3.63) is 53.1 Å². The molecule has 0 aliphatic heterocycles. The number of ether oxygens (including phenoxy) is 2. The van der Waals surface area contributed by atoms with Gasteiger partial charge in [-0.2, -0.15) is 0 Å². The lowest BCUT2D eigenvalue weighted by molar-refractivity contribution is -0.123. The molecule has 1 amide bonds. The van der Waals surface area contributed by atoms with Crippen LogP contribution >= 0.6 is 11.6 Å². The van der Waals surface area contributed by atoms with Crippen LogP contribution in [0.4, 0.5) is 0 Å². The minimum atomic E-state index is -3.65. The zero-order valence-corrected chi connectivity index (χ0v) is 18.1. The summed E-state index contributed by atoms with van der Waals surface area (Å²) in [5, 5.41) is 2.85. The van der Waals surface area contributed by atoms with E-state index in [1.807, 2.05) is 38.1 Å². The summed E-state index contributed by atoms with van der Waals surface area (Å²) in [5.41, 5.74) is 0.917. The highest BCUT2D eigenvalue weighted by atomic mass is 35.5. The molecular formula is C20H25ClN2O5S. The Kier molecular flexibility index (Phi) is 8.31. The van der Waals surface area contributed by atoms with Gasteiger partial charge in [0.1, 0.15) is 11.5 Å². The van der Waals surface area contributed by atoms with Crippen LogP contribution in [0.3, 0.4) is 0 Å². The lowest BCUT2D eigenvalue weighted by Crippen LogP contribution is -2.28. The highest BCUT2D eigenvalue weighted by Crippen LogP contribution is 2.27. The molecule has 2 rings (SSSR count). The van der Waals surface area contributed by atoms with E-state index in [2.05, 4.69) is 10.0 Å². The fourth-order valence-corrected chi connectivity index (χ4v) is 3.80. The molecule has 0 radical (unpaired) electrons. The maximum Gasteiger partial charge on any atom is 0.258 e. The van der Waals surface area contributed by atoms with E-state index in [9.17, 15) is 13.2 Å². The first kappa shape index (κ1) is 23.0. The molecule has 0 saturated heterocycles. The van der Waals surface area contributed by atoms with Gasteiger partial charge in [-0.15, -0.1) is 0 Å². The number of hydrogen-bond acceptors (Lipinski definition) is 5. The quantitative estimate of drug-likeness (QED) is 0.592. The zero-order valence-electron chi connectivity index (χ0n) is 16.6. The average Bonchev–Trinajstić information content (AvgIpc) is 2.70.